The molecule has 1 heterocycles. The molecule has 1 N–H and O–H groups in total. The largest absolute Gasteiger partial charge is 0.325 e. The molecule has 0 spiro atoms. The molecule has 5 nitrogen and oxygen atoms in total. The van der Waals surface area contributed by atoms with Crippen LogP contribution in [-0.2, 0) is 14.8 Å². The standard InChI is InChI=1S/C14H19BrN2O3S/c15-11-14(18)16-12-6-5-7-13(10-12)21(19,20)17-8-3-1-2-4-9-17/h5-7,10H,1-4,8-9,11H2,(H,16,18). The predicted molar refractivity (Wildman–Crippen MR) is 86.1 cm³/mol. The van der Waals surface area contributed by atoms with Crippen LogP contribution in [0.15, 0.2) is 29.2 Å². The van der Waals surface area contributed by atoms with Crippen molar-refractivity contribution in [2.24, 2.45) is 0 Å². The van der Waals surface area contributed by atoms with Crippen molar-refractivity contribution in [1.29, 1.82) is 0 Å². The van der Waals surface area contributed by atoms with Crippen molar-refractivity contribution in [3.8, 4) is 0 Å². The number of alkyl halides is 1. The molecule has 1 aliphatic rings. The van der Waals surface area contributed by atoms with E-state index in [-0.39, 0.29) is 16.1 Å². The highest BCUT2D eigenvalue weighted by Crippen LogP contribution is 2.22. The van der Waals surface area contributed by atoms with Crippen LogP contribution in [-0.4, -0.2) is 37.0 Å². The van der Waals surface area contributed by atoms with E-state index in [1.54, 1.807) is 22.5 Å². The maximum absolute atomic E-state index is 12.7. The highest BCUT2D eigenvalue weighted by Gasteiger charge is 2.25. The Morgan fingerprint density at radius 2 is 1.86 bits per heavy atom. The number of nitrogens with one attached hydrogen (secondary N) is 1. The van der Waals surface area contributed by atoms with Gasteiger partial charge in [-0.1, -0.05) is 34.8 Å². The molecule has 0 aliphatic carbocycles. The Hall–Kier alpha value is -0.920. The first-order chi connectivity index (χ1) is 10.0. The Labute approximate surface area is 133 Å². The van der Waals surface area contributed by atoms with Crippen molar-refractivity contribution < 1.29 is 13.2 Å². The van der Waals surface area contributed by atoms with E-state index in [4.69, 9.17) is 0 Å². The van der Waals surface area contributed by atoms with Gasteiger partial charge in [0.15, 0.2) is 0 Å². The maximum Gasteiger partial charge on any atom is 0.243 e. The van der Waals surface area contributed by atoms with E-state index in [2.05, 4.69) is 21.2 Å². The highest BCUT2D eigenvalue weighted by molar-refractivity contribution is 9.09. The molecule has 1 fully saturated rings. The zero-order valence-corrected chi connectivity index (χ0v) is 14.1. The number of carbonyl (C=O) groups excluding carboxylic acids is 1. The van der Waals surface area contributed by atoms with Crippen LogP contribution in [0.5, 0.6) is 0 Å². The second kappa shape index (κ2) is 7.38. The summed E-state index contributed by atoms with van der Waals surface area (Å²) in [6.07, 6.45) is 3.96. The molecular formula is C14H19BrN2O3S. The average molecular weight is 375 g/mol. The Morgan fingerprint density at radius 3 is 2.48 bits per heavy atom. The normalized spacial score (nSPS) is 17.2. The van der Waals surface area contributed by atoms with Crippen LogP contribution in [0.2, 0.25) is 0 Å². The zero-order chi connectivity index (χ0) is 15.3. The summed E-state index contributed by atoms with van der Waals surface area (Å²) < 4.78 is 26.9. The average Bonchev–Trinajstić information content (AvgIpc) is 2.77. The van der Waals surface area contributed by atoms with Crippen molar-refractivity contribution in [3.63, 3.8) is 0 Å². The summed E-state index contributed by atoms with van der Waals surface area (Å²) >= 11 is 3.06. The number of anilines is 1. The van der Waals surface area contributed by atoms with Crippen LogP contribution in [0, 0.1) is 0 Å². The van der Waals surface area contributed by atoms with Crippen LogP contribution in [0.25, 0.3) is 0 Å². The lowest BCUT2D eigenvalue weighted by molar-refractivity contribution is -0.113. The molecule has 1 aromatic rings. The first kappa shape index (κ1) is 16.5. The number of hydrogen-bond acceptors (Lipinski definition) is 3. The Morgan fingerprint density at radius 1 is 1.19 bits per heavy atom. The van der Waals surface area contributed by atoms with Gasteiger partial charge in [0.25, 0.3) is 0 Å². The summed E-state index contributed by atoms with van der Waals surface area (Å²) in [5.74, 6) is -0.209. The van der Waals surface area contributed by atoms with E-state index in [1.165, 1.54) is 6.07 Å². The van der Waals surface area contributed by atoms with Gasteiger partial charge in [0, 0.05) is 18.8 Å². The monoisotopic (exact) mass is 374 g/mol. The van der Waals surface area contributed by atoms with Crippen LogP contribution in [0.4, 0.5) is 5.69 Å². The fraction of sp³-hybridized carbons (Fsp3) is 0.500. The summed E-state index contributed by atoms with van der Waals surface area (Å²) in [7, 11) is -3.48. The second-order valence-corrected chi connectivity index (χ2v) is 7.53. The molecule has 1 aliphatic heterocycles. The van der Waals surface area contributed by atoms with Crippen molar-refractivity contribution >= 4 is 37.5 Å². The third kappa shape index (κ3) is 4.28. The van der Waals surface area contributed by atoms with Gasteiger partial charge in [-0.15, -0.1) is 0 Å². The number of amides is 1. The van der Waals surface area contributed by atoms with E-state index in [0.717, 1.165) is 25.7 Å². The Kier molecular flexibility index (Phi) is 5.78. The van der Waals surface area contributed by atoms with Gasteiger partial charge in [-0.3, -0.25) is 4.79 Å². The van der Waals surface area contributed by atoms with Gasteiger partial charge in [0.05, 0.1) is 10.2 Å². The first-order valence-electron chi connectivity index (χ1n) is 7.00. The molecule has 0 radical (unpaired) electrons. The second-order valence-electron chi connectivity index (χ2n) is 5.03. The molecule has 116 valence electrons. The molecule has 1 aromatic carbocycles. The number of carbonyl (C=O) groups is 1. The summed E-state index contributed by atoms with van der Waals surface area (Å²) in [6.45, 7) is 1.14. The minimum absolute atomic E-state index is 0.177. The molecule has 0 atom stereocenters. The molecule has 0 bridgehead atoms. The van der Waals surface area contributed by atoms with Crippen LogP contribution >= 0.6 is 15.9 Å². The third-order valence-electron chi connectivity index (χ3n) is 3.44. The number of nitrogens with zero attached hydrogens (tertiary/aromatic N) is 1. The lowest BCUT2D eigenvalue weighted by Gasteiger charge is -2.20. The molecular weight excluding hydrogens is 356 g/mol. The van der Waals surface area contributed by atoms with Crippen LogP contribution in [0.3, 0.4) is 0 Å². The van der Waals surface area contributed by atoms with Gasteiger partial charge in [-0.2, -0.15) is 4.31 Å². The van der Waals surface area contributed by atoms with E-state index in [0.29, 0.717) is 18.8 Å². The smallest absolute Gasteiger partial charge is 0.243 e. The maximum atomic E-state index is 12.7. The van der Waals surface area contributed by atoms with Crippen LogP contribution < -0.4 is 5.32 Å². The summed E-state index contributed by atoms with van der Waals surface area (Å²) in [6, 6.07) is 6.42. The van der Waals surface area contributed by atoms with Crippen molar-refractivity contribution in [1.82, 2.24) is 4.31 Å². The quantitative estimate of drug-likeness (QED) is 0.823. The topological polar surface area (TPSA) is 66.5 Å². The summed E-state index contributed by atoms with van der Waals surface area (Å²) in [5.41, 5.74) is 0.496. The van der Waals surface area contributed by atoms with Gasteiger partial charge < -0.3 is 5.32 Å². The Balaban J connectivity index is 2.23. The van der Waals surface area contributed by atoms with E-state index < -0.39 is 10.0 Å². The number of hydrogen-bond donors (Lipinski definition) is 1. The predicted octanol–water partition coefficient (Wildman–Crippen LogP) is 2.58. The number of rotatable bonds is 4. The molecule has 0 unspecified atom stereocenters. The third-order valence-corrected chi connectivity index (χ3v) is 5.85. The number of benzene rings is 1. The lowest BCUT2D eigenvalue weighted by Crippen LogP contribution is -2.32. The van der Waals surface area contributed by atoms with Gasteiger partial charge >= 0.3 is 0 Å². The van der Waals surface area contributed by atoms with Gasteiger partial charge in [0.1, 0.15) is 0 Å². The first-order valence-corrected chi connectivity index (χ1v) is 9.56. The number of halogens is 1. The SMILES string of the molecule is O=C(CBr)Nc1cccc(S(=O)(=O)N2CCCCCC2)c1. The van der Waals surface area contributed by atoms with E-state index in [1.807, 2.05) is 0 Å². The zero-order valence-electron chi connectivity index (χ0n) is 11.7. The molecule has 0 aromatic heterocycles. The highest BCUT2D eigenvalue weighted by atomic mass is 79.9. The fourth-order valence-electron chi connectivity index (χ4n) is 2.36. The Bertz CT molecular complexity index is 596. The van der Waals surface area contributed by atoms with Gasteiger partial charge in [-0.25, -0.2) is 8.42 Å². The number of sulfonamides is 1. The molecule has 2 rings (SSSR count). The van der Waals surface area contributed by atoms with Gasteiger partial charge in [0.2, 0.25) is 15.9 Å². The molecule has 21 heavy (non-hydrogen) atoms. The van der Waals surface area contributed by atoms with E-state index >= 15 is 0 Å². The molecule has 1 amide bonds. The molecule has 7 heteroatoms. The van der Waals surface area contributed by atoms with Crippen molar-refractivity contribution in [2.45, 2.75) is 30.6 Å². The van der Waals surface area contributed by atoms with Crippen molar-refractivity contribution in [2.75, 3.05) is 23.7 Å². The summed E-state index contributed by atoms with van der Waals surface area (Å²) in [4.78, 5) is 11.6. The van der Waals surface area contributed by atoms with E-state index in [9.17, 15) is 13.2 Å². The minimum Gasteiger partial charge on any atom is -0.325 e. The minimum atomic E-state index is -3.48. The fourth-order valence-corrected chi connectivity index (χ4v) is 4.06. The lowest BCUT2D eigenvalue weighted by atomic mass is 10.2. The molecule has 0 saturated carbocycles. The van der Waals surface area contributed by atoms with Crippen molar-refractivity contribution in [3.05, 3.63) is 24.3 Å². The van der Waals surface area contributed by atoms with Crippen LogP contribution in [0.1, 0.15) is 25.7 Å². The summed E-state index contributed by atoms with van der Waals surface area (Å²) in [5, 5.41) is 2.83. The van der Waals surface area contributed by atoms with Gasteiger partial charge in [-0.05, 0) is 31.0 Å². The molecule has 1 saturated heterocycles.